The molecule has 4 nitrogen and oxygen atoms in total. The predicted molar refractivity (Wildman–Crippen MR) is 41.7 cm³/mol. The van der Waals surface area contributed by atoms with Crippen molar-refractivity contribution in [1.29, 1.82) is 0 Å². The van der Waals surface area contributed by atoms with Gasteiger partial charge in [-0.15, -0.1) is 0 Å². The van der Waals surface area contributed by atoms with Gasteiger partial charge in [-0.25, -0.2) is 4.98 Å². The zero-order chi connectivity index (χ0) is 8.10. The normalized spacial score (nSPS) is 10.4. The Bertz CT molecular complexity index is 209. The third-order valence-electron chi connectivity index (χ3n) is 1.34. The fraction of sp³-hybridized carbons (Fsp3) is 0.571. The lowest BCUT2D eigenvalue weighted by atomic mass is 10.5. The van der Waals surface area contributed by atoms with Crippen LogP contribution in [0.2, 0.25) is 0 Å². The second-order valence-electron chi connectivity index (χ2n) is 2.21. The van der Waals surface area contributed by atoms with Gasteiger partial charge in [0.2, 0.25) is 0 Å². The summed E-state index contributed by atoms with van der Waals surface area (Å²) < 4.78 is 7.03. The maximum Gasteiger partial charge on any atom is 0.123 e. The molecule has 11 heavy (non-hydrogen) atoms. The smallest absolute Gasteiger partial charge is 0.123 e. The third-order valence-corrected chi connectivity index (χ3v) is 1.34. The van der Waals surface area contributed by atoms with Crippen LogP contribution in [0.3, 0.4) is 0 Å². The van der Waals surface area contributed by atoms with Gasteiger partial charge in [0.15, 0.2) is 0 Å². The molecule has 0 spiro atoms. The molecule has 0 saturated carbocycles. The molecular formula is C7H13N3O. The van der Waals surface area contributed by atoms with Crippen molar-refractivity contribution < 1.29 is 4.74 Å². The molecule has 0 radical (unpaired) electrons. The summed E-state index contributed by atoms with van der Waals surface area (Å²) in [6.07, 6.45) is 3.60. The van der Waals surface area contributed by atoms with Crippen molar-refractivity contribution >= 4 is 0 Å². The molecule has 1 rings (SSSR count). The number of hydrogen-bond donors (Lipinski definition) is 1. The van der Waals surface area contributed by atoms with Gasteiger partial charge in [-0.05, 0) is 6.92 Å². The summed E-state index contributed by atoms with van der Waals surface area (Å²) in [6, 6.07) is 0. The lowest BCUT2D eigenvalue weighted by Crippen LogP contribution is -1.99. The largest absolute Gasteiger partial charge is 0.361 e. The minimum absolute atomic E-state index is 0.485. The van der Waals surface area contributed by atoms with E-state index in [4.69, 9.17) is 10.5 Å². The first-order valence-corrected chi connectivity index (χ1v) is 3.65. The summed E-state index contributed by atoms with van der Waals surface area (Å²) in [4.78, 5) is 4.05. The highest BCUT2D eigenvalue weighted by atomic mass is 16.5. The number of ether oxygens (including phenoxy) is 1. The summed E-state index contributed by atoms with van der Waals surface area (Å²) in [7, 11) is 0. The van der Waals surface area contributed by atoms with Crippen LogP contribution in [-0.2, 0) is 18.0 Å². The van der Waals surface area contributed by atoms with Crippen molar-refractivity contribution in [1.82, 2.24) is 9.55 Å². The Morgan fingerprint density at radius 1 is 1.73 bits per heavy atom. The summed E-state index contributed by atoms with van der Waals surface area (Å²) in [5.74, 6) is 0. The Kier molecular flexibility index (Phi) is 3.07. The molecule has 4 heteroatoms. The van der Waals surface area contributed by atoms with E-state index in [-0.39, 0.29) is 0 Å². The van der Waals surface area contributed by atoms with Crippen molar-refractivity contribution in [3.8, 4) is 0 Å². The van der Waals surface area contributed by atoms with Crippen LogP contribution in [0.1, 0.15) is 12.6 Å². The molecule has 0 fully saturated rings. The van der Waals surface area contributed by atoms with Crippen molar-refractivity contribution in [3.63, 3.8) is 0 Å². The van der Waals surface area contributed by atoms with E-state index in [1.165, 1.54) is 0 Å². The molecule has 1 aromatic rings. The van der Waals surface area contributed by atoms with E-state index in [0.717, 1.165) is 12.3 Å². The van der Waals surface area contributed by atoms with Crippen molar-refractivity contribution in [2.24, 2.45) is 5.73 Å². The van der Waals surface area contributed by atoms with Crippen molar-refractivity contribution in [3.05, 3.63) is 18.2 Å². The van der Waals surface area contributed by atoms with Crippen molar-refractivity contribution in [2.45, 2.75) is 20.2 Å². The fourth-order valence-corrected chi connectivity index (χ4v) is 0.779. The number of nitrogens with zero attached hydrogens (tertiary/aromatic N) is 2. The van der Waals surface area contributed by atoms with Crippen LogP contribution in [-0.4, -0.2) is 16.2 Å². The standard InChI is InChI=1S/C7H13N3O/c1-2-11-6-10-4-7(3-8)9-5-10/h4-5H,2-3,6,8H2,1H3. The monoisotopic (exact) mass is 155 g/mol. The van der Waals surface area contributed by atoms with Gasteiger partial charge in [0.1, 0.15) is 6.73 Å². The molecule has 0 atom stereocenters. The highest BCUT2D eigenvalue weighted by Gasteiger charge is 1.94. The first-order chi connectivity index (χ1) is 5.36. The van der Waals surface area contributed by atoms with Gasteiger partial charge in [0, 0.05) is 19.3 Å². The first-order valence-electron chi connectivity index (χ1n) is 3.65. The molecule has 0 aliphatic heterocycles. The summed E-state index contributed by atoms with van der Waals surface area (Å²) >= 11 is 0. The van der Waals surface area contributed by atoms with E-state index >= 15 is 0 Å². The Hall–Kier alpha value is -0.870. The van der Waals surface area contributed by atoms with Crippen LogP contribution in [0.25, 0.3) is 0 Å². The molecule has 0 aromatic carbocycles. The number of hydrogen-bond acceptors (Lipinski definition) is 3. The number of imidazole rings is 1. The van der Waals surface area contributed by atoms with Gasteiger partial charge in [-0.2, -0.15) is 0 Å². The van der Waals surface area contributed by atoms with Gasteiger partial charge in [0.25, 0.3) is 0 Å². The molecule has 0 unspecified atom stereocenters. The number of nitrogens with two attached hydrogens (primary N) is 1. The lowest BCUT2D eigenvalue weighted by Gasteiger charge is -1.99. The Labute approximate surface area is 66.0 Å². The quantitative estimate of drug-likeness (QED) is 0.682. The molecular weight excluding hydrogens is 142 g/mol. The van der Waals surface area contributed by atoms with Crippen LogP contribution in [0.4, 0.5) is 0 Å². The average Bonchev–Trinajstić information content (AvgIpc) is 2.48. The molecule has 0 amide bonds. The van der Waals surface area contributed by atoms with Crippen LogP contribution >= 0.6 is 0 Å². The van der Waals surface area contributed by atoms with Crippen LogP contribution in [0, 0.1) is 0 Å². The minimum Gasteiger partial charge on any atom is -0.361 e. The van der Waals surface area contributed by atoms with Crippen LogP contribution in [0.5, 0.6) is 0 Å². The van der Waals surface area contributed by atoms with E-state index in [0.29, 0.717) is 13.3 Å². The van der Waals surface area contributed by atoms with Crippen LogP contribution < -0.4 is 5.73 Å². The van der Waals surface area contributed by atoms with E-state index < -0.39 is 0 Å². The third kappa shape index (κ3) is 2.32. The zero-order valence-corrected chi connectivity index (χ0v) is 6.66. The first kappa shape index (κ1) is 8.23. The van der Waals surface area contributed by atoms with Crippen LogP contribution in [0.15, 0.2) is 12.5 Å². The highest BCUT2D eigenvalue weighted by molar-refractivity contribution is 4.94. The van der Waals surface area contributed by atoms with Gasteiger partial charge >= 0.3 is 0 Å². The maximum absolute atomic E-state index is 5.38. The minimum atomic E-state index is 0.485. The molecule has 0 aliphatic rings. The SMILES string of the molecule is CCOCn1cnc(CN)c1. The second-order valence-corrected chi connectivity index (χ2v) is 2.21. The van der Waals surface area contributed by atoms with E-state index in [2.05, 4.69) is 4.98 Å². The summed E-state index contributed by atoms with van der Waals surface area (Å²) in [5.41, 5.74) is 6.27. The van der Waals surface area contributed by atoms with E-state index in [9.17, 15) is 0 Å². The average molecular weight is 155 g/mol. The maximum atomic E-state index is 5.38. The number of aromatic nitrogens is 2. The van der Waals surface area contributed by atoms with Gasteiger partial charge < -0.3 is 15.0 Å². The van der Waals surface area contributed by atoms with E-state index in [1.54, 1.807) is 6.33 Å². The zero-order valence-electron chi connectivity index (χ0n) is 6.66. The Morgan fingerprint density at radius 3 is 3.09 bits per heavy atom. The molecule has 1 heterocycles. The highest BCUT2D eigenvalue weighted by Crippen LogP contribution is 1.94. The van der Waals surface area contributed by atoms with Gasteiger partial charge in [-0.3, -0.25) is 0 Å². The molecule has 0 bridgehead atoms. The Morgan fingerprint density at radius 2 is 2.55 bits per heavy atom. The molecule has 2 N–H and O–H groups in total. The summed E-state index contributed by atoms with van der Waals surface area (Å²) in [5, 5.41) is 0. The van der Waals surface area contributed by atoms with E-state index in [1.807, 2.05) is 17.7 Å². The molecule has 62 valence electrons. The lowest BCUT2D eigenvalue weighted by molar-refractivity contribution is 0.0877. The summed E-state index contributed by atoms with van der Waals surface area (Å²) in [6.45, 7) is 3.72. The predicted octanol–water partition coefficient (Wildman–Crippen LogP) is 0.336. The van der Waals surface area contributed by atoms with Gasteiger partial charge in [-0.1, -0.05) is 0 Å². The number of rotatable bonds is 4. The Balaban J connectivity index is 2.44. The van der Waals surface area contributed by atoms with Crippen molar-refractivity contribution in [2.75, 3.05) is 6.61 Å². The molecule has 0 aliphatic carbocycles. The fourth-order valence-electron chi connectivity index (χ4n) is 0.779. The second kappa shape index (κ2) is 4.10. The molecule has 0 saturated heterocycles. The molecule has 1 aromatic heterocycles. The van der Waals surface area contributed by atoms with Gasteiger partial charge in [0.05, 0.1) is 12.0 Å². The topological polar surface area (TPSA) is 53.1 Å².